The average molecular weight is 241 g/mol. The lowest BCUT2D eigenvalue weighted by Crippen LogP contribution is -2.46. The van der Waals surface area contributed by atoms with E-state index in [2.05, 4.69) is 19.2 Å². The highest BCUT2D eigenvalue weighted by Crippen LogP contribution is 2.30. The van der Waals surface area contributed by atoms with Crippen molar-refractivity contribution in [2.45, 2.75) is 59.4 Å². The van der Waals surface area contributed by atoms with Crippen LogP contribution in [0.1, 0.15) is 53.4 Å². The fourth-order valence-electron chi connectivity index (χ4n) is 2.38. The Morgan fingerprint density at radius 3 is 2.24 bits per heavy atom. The third-order valence-corrected chi connectivity index (χ3v) is 4.06. The Bertz CT molecular complexity index is 253. The highest BCUT2D eigenvalue weighted by Gasteiger charge is 2.30. The lowest BCUT2D eigenvalue weighted by atomic mass is 9.79. The topological polar surface area (TPSA) is 49.3 Å². The first-order valence-electron chi connectivity index (χ1n) is 6.78. The Balaban J connectivity index is 2.38. The molecule has 0 aromatic carbocycles. The van der Waals surface area contributed by atoms with Crippen molar-refractivity contribution in [1.82, 2.24) is 5.32 Å². The minimum absolute atomic E-state index is 0.0204. The average Bonchev–Trinajstić information content (AvgIpc) is 2.29. The molecule has 1 aliphatic rings. The van der Waals surface area contributed by atoms with Gasteiger partial charge in [0.25, 0.3) is 0 Å². The minimum Gasteiger partial charge on any atom is -0.395 e. The summed E-state index contributed by atoms with van der Waals surface area (Å²) in [6, 6.07) is 0.309. The summed E-state index contributed by atoms with van der Waals surface area (Å²) in [6.45, 7) is 8.02. The molecule has 100 valence electrons. The number of aliphatic hydroxyl groups excluding tert-OH is 1. The Hall–Kier alpha value is -0.570. The van der Waals surface area contributed by atoms with Gasteiger partial charge in [-0.05, 0) is 51.4 Å². The van der Waals surface area contributed by atoms with E-state index in [1.807, 2.05) is 0 Å². The molecule has 1 rings (SSSR count). The summed E-state index contributed by atoms with van der Waals surface area (Å²) >= 11 is 0. The Morgan fingerprint density at radius 1 is 1.29 bits per heavy atom. The van der Waals surface area contributed by atoms with Crippen molar-refractivity contribution in [2.24, 2.45) is 17.3 Å². The molecule has 0 saturated heterocycles. The van der Waals surface area contributed by atoms with Gasteiger partial charge in [0, 0.05) is 6.04 Å². The Kier molecular flexibility index (Phi) is 4.99. The molecule has 0 atom stereocenters. The summed E-state index contributed by atoms with van der Waals surface area (Å²) in [6.07, 6.45) is 4.58. The molecular formula is C14H27NO2. The van der Waals surface area contributed by atoms with Gasteiger partial charge in [-0.3, -0.25) is 4.79 Å². The number of hydrogen-bond acceptors (Lipinski definition) is 2. The largest absolute Gasteiger partial charge is 0.395 e. The van der Waals surface area contributed by atoms with Crippen LogP contribution in [0.4, 0.5) is 0 Å². The fraction of sp³-hybridized carbons (Fsp3) is 0.929. The van der Waals surface area contributed by atoms with Crippen molar-refractivity contribution in [1.29, 1.82) is 0 Å². The van der Waals surface area contributed by atoms with Gasteiger partial charge in [-0.15, -0.1) is 0 Å². The highest BCUT2D eigenvalue weighted by atomic mass is 16.3. The van der Waals surface area contributed by atoms with E-state index in [-0.39, 0.29) is 12.5 Å². The smallest absolute Gasteiger partial charge is 0.228 e. The van der Waals surface area contributed by atoms with Gasteiger partial charge in [0.05, 0.1) is 12.0 Å². The molecule has 0 heterocycles. The monoisotopic (exact) mass is 241 g/mol. The number of nitrogens with one attached hydrogen (secondary N) is 1. The van der Waals surface area contributed by atoms with Crippen molar-refractivity contribution in [2.75, 3.05) is 6.61 Å². The molecule has 1 saturated carbocycles. The SMILES string of the molecule is CC(C)C1CCC(NC(=O)C(C)(C)CO)CC1. The maximum atomic E-state index is 11.9. The fourth-order valence-corrected chi connectivity index (χ4v) is 2.38. The third kappa shape index (κ3) is 3.98. The standard InChI is InChI=1S/C14H27NO2/c1-10(2)11-5-7-12(8-6-11)15-13(17)14(3,4)9-16/h10-12,16H,5-9H2,1-4H3,(H,15,17). The molecule has 17 heavy (non-hydrogen) atoms. The molecule has 0 aliphatic heterocycles. The summed E-state index contributed by atoms with van der Waals surface area (Å²) in [5.41, 5.74) is -0.658. The van der Waals surface area contributed by atoms with E-state index in [1.165, 1.54) is 12.8 Å². The van der Waals surface area contributed by atoms with E-state index in [0.717, 1.165) is 24.7 Å². The van der Waals surface area contributed by atoms with Gasteiger partial charge in [0.1, 0.15) is 0 Å². The maximum absolute atomic E-state index is 11.9. The second-order valence-corrected chi connectivity index (χ2v) is 6.37. The lowest BCUT2D eigenvalue weighted by molar-refractivity contribution is -0.132. The first-order chi connectivity index (χ1) is 7.86. The van der Waals surface area contributed by atoms with Gasteiger partial charge in [0.2, 0.25) is 5.91 Å². The van der Waals surface area contributed by atoms with Crippen LogP contribution in [0.15, 0.2) is 0 Å². The van der Waals surface area contributed by atoms with Crippen LogP contribution in [-0.2, 0) is 4.79 Å². The van der Waals surface area contributed by atoms with Crippen LogP contribution in [0.3, 0.4) is 0 Å². The van der Waals surface area contributed by atoms with Crippen LogP contribution in [0.5, 0.6) is 0 Å². The van der Waals surface area contributed by atoms with E-state index in [0.29, 0.717) is 6.04 Å². The van der Waals surface area contributed by atoms with Gasteiger partial charge in [0.15, 0.2) is 0 Å². The van der Waals surface area contributed by atoms with Gasteiger partial charge in [-0.1, -0.05) is 13.8 Å². The number of carbonyl (C=O) groups is 1. The molecule has 0 spiro atoms. The van der Waals surface area contributed by atoms with Gasteiger partial charge in [-0.25, -0.2) is 0 Å². The summed E-state index contributed by atoms with van der Waals surface area (Å²) in [5.74, 6) is 1.54. The van der Waals surface area contributed by atoms with Crippen molar-refractivity contribution in [3.63, 3.8) is 0 Å². The number of amides is 1. The quantitative estimate of drug-likeness (QED) is 0.793. The second kappa shape index (κ2) is 5.85. The number of hydrogen-bond donors (Lipinski definition) is 2. The maximum Gasteiger partial charge on any atom is 0.228 e. The predicted octanol–water partition coefficient (Wildman–Crippen LogP) is 2.34. The zero-order valence-electron chi connectivity index (χ0n) is 11.6. The van der Waals surface area contributed by atoms with Crippen molar-refractivity contribution >= 4 is 5.91 Å². The molecule has 0 aromatic rings. The van der Waals surface area contributed by atoms with E-state index in [4.69, 9.17) is 5.11 Å². The first-order valence-corrected chi connectivity index (χ1v) is 6.78. The summed E-state index contributed by atoms with van der Waals surface area (Å²) in [4.78, 5) is 11.9. The lowest BCUT2D eigenvalue weighted by Gasteiger charge is -2.33. The van der Waals surface area contributed by atoms with Crippen molar-refractivity contribution in [3.8, 4) is 0 Å². The molecule has 2 N–H and O–H groups in total. The molecule has 1 fully saturated rings. The van der Waals surface area contributed by atoms with E-state index >= 15 is 0 Å². The van der Waals surface area contributed by atoms with Crippen LogP contribution >= 0.6 is 0 Å². The third-order valence-electron chi connectivity index (χ3n) is 4.06. The van der Waals surface area contributed by atoms with Crippen LogP contribution in [0, 0.1) is 17.3 Å². The summed E-state index contributed by atoms with van der Waals surface area (Å²) < 4.78 is 0. The van der Waals surface area contributed by atoms with Gasteiger partial charge < -0.3 is 10.4 Å². The van der Waals surface area contributed by atoms with E-state index in [1.54, 1.807) is 13.8 Å². The zero-order chi connectivity index (χ0) is 13.1. The predicted molar refractivity (Wildman–Crippen MR) is 69.6 cm³/mol. The summed E-state index contributed by atoms with van der Waals surface area (Å²) in [7, 11) is 0. The van der Waals surface area contributed by atoms with Crippen molar-refractivity contribution < 1.29 is 9.90 Å². The molecule has 0 radical (unpaired) electrons. The second-order valence-electron chi connectivity index (χ2n) is 6.37. The van der Waals surface area contributed by atoms with E-state index < -0.39 is 5.41 Å². The van der Waals surface area contributed by atoms with Crippen LogP contribution in [0.25, 0.3) is 0 Å². The normalized spacial score (nSPS) is 26.0. The van der Waals surface area contributed by atoms with Crippen LogP contribution in [0.2, 0.25) is 0 Å². The highest BCUT2D eigenvalue weighted by molar-refractivity contribution is 5.82. The zero-order valence-corrected chi connectivity index (χ0v) is 11.6. The molecule has 0 unspecified atom stereocenters. The van der Waals surface area contributed by atoms with Gasteiger partial charge in [-0.2, -0.15) is 0 Å². The number of carbonyl (C=O) groups excluding carboxylic acids is 1. The molecule has 1 aliphatic carbocycles. The van der Waals surface area contributed by atoms with Crippen LogP contribution in [-0.4, -0.2) is 23.7 Å². The Morgan fingerprint density at radius 2 is 1.82 bits per heavy atom. The van der Waals surface area contributed by atoms with Crippen molar-refractivity contribution in [3.05, 3.63) is 0 Å². The summed E-state index contributed by atoms with van der Waals surface area (Å²) in [5, 5.41) is 12.2. The van der Waals surface area contributed by atoms with Gasteiger partial charge >= 0.3 is 0 Å². The molecule has 3 nitrogen and oxygen atoms in total. The Labute approximate surface area is 105 Å². The van der Waals surface area contributed by atoms with E-state index in [9.17, 15) is 4.79 Å². The molecule has 3 heteroatoms. The molecule has 0 bridgehead atoms. The number of rotatable bonds is 4. The molecule has 0 aromatic heterocycles. The molecule has 1 amide bonds. The molecular weight excluding hydrogens is 214 g/mol. The first kappa shape index (κ1) is 14.5. The minimum atomic E-state index is -0.658. The number of aliphatic hydroxyl groups is 1. The van der Waals surface area contributed by atoms with Crippen LogP contribution < -0.4 is 5.32 Å².